The van der Waals surface area contributed by atoms with Crippen LogP contribution in [0.1, 0.15) is 25.7 Å². The Balaban J connectivity index is 1.84. The number of benzene rings is 2. The lowest BCUT2D eigenvalue weighted by Gasteiger charge is -2.42. The molecule has 2 fully saturated rings. The molecule has 8 nitrogen and oxygen atoms in total. The maximum atomic E-state index is 13.1. The van der Waals surface area contributed by atoms with Gasteiger partial charge in [0, 0.05) is 24.2 Å². The summed E-state index contributed by atoms with van der Waals surface area (Å²) in [6.45, 7) is 0. The van der Waals surface area contributed by atoms with Gasteiger partial charge in [0.05, 0.1) is 17.9 Å². The summed E-state index contributed by atoms with van der Waals surface area (Å²) in [7, 11) is 0. The Labute approximate surface area is 222 Å². The number of carbonyl (C=O) groups excluding carboxylic acids is 2. The molecule has 2 saturated heterocycles. The third-order valence-electron chi connectivity index (χ3n) is 5.59. The van der Waals surface area contributed by atoms with E-state index in [0.29, 0.717) is 53.6 Å². The molecule has 0 aromatic heterocycles. The zero-order chi connectivity index (χ0) is 23.9. The van der Waals surface area contributed by atoms with Crippen molar-refractivity contribution in [1.29, 1.82) is 10.5 Å². The fourth-order valence-corrected chi connectivity index (χ4v) is 7.03. The van der Waals surface area contributed by atoms with Crippen molar-refractivity contribution in [2.45, 2.75) is 31.3 Å². The van der Waals surface area contributed by atoms with E-state index in [9.17, 15) is 9.59 Å². The number of anilines is 2. The third-order valence-corrected chi connectivity index (χ3v) is 7.94. The van der Waals surface area contributed by atoms with Crippen molar-refractivity contribution in [3.8, 4) is 24.0 Å². The topological polar surface area (TPSA) is 107 Å². The Morgan fingerprint density at radius 2 is 1.06 bits per heavy atom. The Morgan fingerprint density at radius 1 is 0.727 bits per heavy atom. The monoisotopic (exact) mass is 700 g/mol. The van der Waals surface area contributed by atoms with Crippen LogP contribution in [-0.2, 0) is 9.59 Å². The second-order valence-electron chi connectivity index (χ2n) is 7.30. The van der Waals surface area contributed by atoms with E-state index in [0.717, 1.165) is 0 Å². The van der Waals surface area contributed by atoms with Crippen LogP contribution in [0.15, 0.2) is 42.2 Å². The summed E-state index contributed by atoms with van der Waals surface area (Å²) in [6.07, 6.45) is 4.72. The fraction of sp³-hybridized carbons (Fsp3) is 0.238. The SMILES string of the molecule is N#COc1c(Br)cc(N2C(=O)CCC23CCC(=O)N3c2cc(Br)c(OC#N)c(Br)c2)cc1Br. The molecule has 0 radical (unpaired) electrons. The molecule has 2 heterocycles. The molecule has 2 aliphatic heterocycles. The molecular weight excluding hydrogens is 692 g/mol. The predicted octanol–water partition coefficient (Wildman–Crippen LogP) is 6.11. The number of hydrogen-bond donors (Lipinski definition) is 0. The Hall–Kier alpha value is -2.12. The van der Waals surface area contributed by atoms with Gasteiger partial charge >= 0.3 is 0 Å². The van der Waals surface area contributed by atoms with Crippen LogP contribution < -0.4 is 19.3 Å². The van der Waals surface area contributed by atoms with E-state index in [1.807, 2.05) is 0 Å². The number of ether oxygens (including phenoxy) is 2. The van der Waals surface area contributed by atoms with Crippen molar-refractivity contribution in [3.05, 3.63) is 42.2 Å². The first kappa shape index (κ1) is 24.0. The number of halogens is 4. The zero-order valence-electron chi connectivity index (χ0n) is 16.6. The highest BCUT2D eigenvalue weighted by Gasteiger charge is 2.56. The van der Waals surface area contributed by atoms with E-state index < -0.39 is 5.66 Å². The Bertz CT molecular complexity index is 1130. The molecule has 33 heavy (non-hydrogen) atoms. The van der Waals surface area contributed by atoms with Gasteiger partial charge < -0.3 is 9.47 Å². The first-order valence-corrected chi connectivity index (χ1v) is 12.7. The number of nitriles is 2. The van der Waals surface area contributed by atoms with Crippen LogP contribution in [0, 0.1) is 23.0 Å². The van der Waals surface area contributed by atoms with Crippen molar-refractivity contribution in [1.82, 2.24) is 0 Å². The minimum atomic E-state index is -0.902. The highest BCUT2D eigenvalue weighted by Crippen LogP contribution is 2.50. The standard InChI is InChI=1S/C21H12Br4N4O4/c22-13-5-11(6-14(23)19(13)32-9-26)28-17(30)1-3-21(28)4-2-18(31)29(21)12-7-15(24)20(33-10-27)16(25)8-12/h5-8H,1-4H2. The first-order valence-electron chi connectivity index (χ1n) is 9.49. The van der Waals surface area contributed by atoms with E-state index >= 15 is 0 Å². The van der Waals surface area contributed by atoms with Crippen molar-refractivity contribution in [2.75, 3.05) is 9.80 Å². The number of carbonyl (C=O) groups is 2. The second-order valence-corrected chi connectivity index (χ2v) is 10.7. The average Bonchev–Trinajstić information content (AvgIpc) is 3.26. The van der Waals surface area contributed by atoms with Gasteiger partial charge in [0.1, 0.15) is 5.66 Å². The highest BCUT2D eigenvalue weighted by atomic mass is 79.9. The van der Waals surface area contributed by atoms with Gasteiger partial charge in [0.15, 0.2) is 11.5 Å². The number of rotatable bonds is 4. The van der Waals surface area contributed by atoms with Crippen LogP contribution in [0.5, 0.6) is 11.5 Å². The van der Waals surface area contributed by atoms with Gasteiger partial charge in [-0.2, -0.15) is 0 Å². The molecule has 168 valence electrons. The molecule has 1 spiro atoms. The normalized spacial score (nSPS) is 16.8. The van der Waals surface area contributed by atoms with Crippen molar-refractivity contribution in [2.24, 2.45) is 0 Å². The lowest BCUT2D eigenvalue weighted by molar-refractivity contribution is -0.117. The van der Waals surface area contributed by atoms with Crippen molar-refractivity contribution < 1.29 is 19.1 Å². The molecule has 2 aromatic carbocycles. The van der Waals surface area contributed by atoms with Gasteiger partial charge in [-0.15, -0.1) is 10.5 Å². The fourth-order valence-electron chi connectivity index (χ4n) is 4.38. The van der Waals surface area contributed by atoms with Gasteiger partial charge in [-0.1, -0.05) is 0 Å². The molecular formula is C21H12Br4N4O4. The molecule has 0 unspecified atom stereocenters. The van der Waals surface area contributed by atoms with Gasteiger partial charge in [0.2, 0.25) is 11.8 Å². The average molecular weight is 704 g/mol. The van der Waals surface area contributed by atoms with Crippen molar-refractivity contribution in [3.63, 3.8) is 0 Å². The van der Waals surface area contributed by atoms with Crippen LogP contribution >= 0.6 is 63.7 Å². The molecule has 0 aliphatic carbocycles. The maximum absolute atomic E-state index is 13.1. The second kappa shape index (κ2) is 9.26. The highest BCUT2D eigenvalue weighted by molar-refractivity contribution is 9.11. The third kappa shape index (κ3) is 4.03. The molecule has 0 atom stereocenters. The van der Waals surface area contributed by atoms with Crippen LogP contribution in [0.2, 0.25) is 0 Å². The molecule has 0 saturated carbocycles. The number of amides is 2. The molecule has 0 N–H and O–H groups in total. The van der Waals surface area contributed by atoms with E-state index in [1.165, 1.54) is 0 Å². The maximum Gasteiger partial charge on any atom is 0.292 e. The summed E-state index contributed by atoms with van der Waals surface area (Å²) < 4.78 is 11.9. The number of hydrogen-bond acceptors (Lipinski definition) is 6. The van der Waals surface area contributed by atoms with Gasteiger partial charge in [-0.05, 0) is 101 Å². The van der Waals surface area contributed by atoms with Gasteiger partial charge in [-0.3, -0.25) is 19.4 Å². The summed E-state index contributed by atoms with van der Waals surface area (Å²) in [4.78, 5) is 29.5. The summed E-state index contributed by atoms with van der Waals surface area (Å²) in [5, 5.41) is 17.8. The molecule has 2 amide bonds. The van der Waals surface area contributed by atoms with Crippen LogP contribution in [0.25, 0.3) is 0 Å². The van der Waals surface area contributed by atoms with E-state index in [-0.39, 0.29) is 24.7 Å². The Kier molecular flexibility index (Phi) is 6.74. The Morgan fingerprint density at radius 3 is 1.36 bits per heavy atom. The predicted molar refractivity (Wildman–Crippen MR) is 132 cm³/mol. The molecule has 0 bridgehead atoms. The van der Waals surface area contributed by atoms with Gasteiger partial charge in [-0.25, -0.2) is 0 Å². The van der Waals surface area contributed by atoms with E-state index in [2.05, 4.69) is 63.7 Å². The van der Waals surface area contributed by atoms with Crippen molar-refractivity contribution >= 4 is 86.9 Å². The molecule has 12 heteroatoms. The largest absolute Gasteiger partial charge is 0.386 e. The summed E-state index contributed by atoms with van der Waals surface area (Å²) in [5.74, 6) is 0.347. The quantitative estimate of drug-likeness (QED) is 0.356. The van der Waals surface area contributed by atoms with Crippen LogP contribution in [0.4, 0.5) is 11.4 Å². The molecule has 2 aliphatic rings. The van der Waals surface area contributed by atoms with Gasteiger partial charge in [0.25, 0.3) is 12.5 Å². The molecule has 2 aromatic rings. The van der Waals surface area contributed by atoms with E-state index in [4.69, 9.17) is 20.0 Å². The minimum absolute atomic E-state index is 0.120. The zero-order valence-corrected chi connectivity index (χ0v) is 22.9. The summed E-state index contributed by atoms with van der Waals surface area (Å²) >= 11 is 13.6. The summed E-state index contributed by atoms with van der Waals surface area (Å²) in [5.41, 5.74) is 0.217. The number of nitrogens with zero attached hydrogens (tertiary/aromatic N) is 4. The summed E-state index contributed by atoms with van der Waals surface area (Å²) in [6, 6.07) is 6.77. The first-order chi connectivity index (χ1) is 15.7. The van der Waals surface area contributed by atoms with E-state index in [1.54, 1.807) is 46.6 Å². The van der Waals surface area contributed by atoms with Crippen LogP contribution in [-0.4, -0.2) is 17.5 Å². The smallest absolute Gasteiger partial charge is 0.292 e. The molecule has 4 rings (SSSR count). The minimum Gasteiger partial charge on any atom is -0.386 e. The van der Waals surface area contributed by atoms with Crippen LogP contribution in [0.3, 0.4) is 0 Å². The lowest BCUT2D eigenvalue weighted by atomic mass is 10.0. The lowest BCUT2D eigenvalue weighted by Crippen LogP contribution is -2.56.